The highest BCUT2D eigenvalue weighted by molar-refractivity contribution is 9.10. The molecule has 1 rings (SSSR count). The fourth-order valence-electron chi connectivity index (χ4n) is 2.61. The Hall–Kier alpha value is -0.540. The Kier molecular flexibility index (Phi) is 8.35. The van der Waals surface area contributed by atoms with Gasteiger partial charge in [-0.25, -0.2) is 0 Å². The van der Waals surface area contributed by atoms with Crippen LogP contribution in [0.2, 0.25) is 0 Å². The van der Waals surface area contributed by atoms with Crippen molar-refractivity contribution >= 4 is 21.6 Å². The largest absolute Gasteiger partial charge is 0.369 e. The number of anilines is 1. The van der Waals surface area contributed by atoms with Gasteiger partial charge in [0, 0.05) is 28.8 Å². The van der Waals surface area contributed by atoms with Gasteiger partial charge in [0.05, 0.1) is 0 Å². The molecule has 0 spiro atoms. The first-order valence-electron chi connectivity index (χ1n) is 8.34. The molecule has 0 aromatic heterocycles. The quantitative estimate of drug-likeness (QED) is 0.627. The predicted octanol–water partition coefficient (Wildman–Crippen LogP) is 5.52. The van der Waals surface area contributed by atoms with E-state index in [4.69, 9.17) is 0 Å². The van der Waals surface area contributed by atoms with Gasteiger partial charge >= 0.3 is 0 Å². The molecule has 0 aliphatic rings. The maximum atomic E-state index is 3.76. The molecular weight excluding hydrogens is 324 g/mol. The summed E-state index contributed by atoms with van der Waals surface area (Å²) in [5.41, 5.74) is 2.66. The topological polar surface area (TPSA) is 15.3 Å². The fourth-order valence-corrected chi connectivity index (χ4v) is 3.32. The van der Waals surface area contributed by atoms with Crippen LogP contribution in [0.25, 0.3) is 0 Å². The molecule has 0 heterocycles. The molecule has 1 aromatic carbocycles. The molecule has 0 bridgehead atoms. The van der Waals surface area contributed by atoms with Gasteiger partial charge in [-0.15, -0.1) is 0 Å². The van der Waals surface area contributed by atoms with Gasteiger partial charge in [0.15, 0.2) is 0 Å². The third-order valence-corrected chi connectivity index (χ3v) is 4.85. The van der Waals surface area contributed by atoms with E-state index in [1.54, 1.807) is 0 Å². The highest BCUT2D eigenvalue weighted by Gasteiger charge is 2.15. The Balaban J connectivity index is 2.97. The molecule has 1 aromatic rings. The summed E-state index contributed by atoms with van der Waals surface area (Å²) >= 11 is 3.76. The van der Waals surface area contributed by atoms with Gasteiger partial charge in [-0.2, -0.15) is 0 Å². The molecule has 0 saturated heterocycles. The summed E-state index contributed by atoms with van der Waals surface area (Å²) in [6.45, 7) is 13.3. The van der Waals surface area contributed by atoms with Crippen molar-refractivity contribution < 1.29 is 0 Å². The second-order valence-corrected chi connectivity index (χ2v) is 6.64. The zero-order valence-corrected chi connectivity index (χ0v) is 15.8. The van der Waals surface area contributed by atoms with Gasteiger partial charge < -0.3 is 10.2 Å². The van der Waals surface area contributed by atoms with Crippen LogP contribution in [0.15, 0.2) is 22.7 Å². The summed E-state index contributed by atoms with van der Waals surface area (Å²) < 4.78 is 1.21. The second-order valence-electron chi connectivity index (χ2n) is 5.79. The first-order chi connectivity index (χ1) is 10.0. The number of nitrogens with one attached hydrogen (secondary N) is 1. The van der Waals surface area contributed by atoms with Crippen LogP contribution in [0, 0.1) is 0 Å². The molecule has 120 valence electrons. The van der Waals surface area contributed by atoms with Gasteiger partial charge in [0.1, 0.15) is 0 Å². The van der Waals surface area contributed by atoms with Crippen LogP contribution in [0.4, 0.5) is 5.69 Å². The molecule has 0 radical (unpaired) electrons. The molecule has 0 fully saturated rings. The highest BCUT2D eigenvalue weighted by Crippen LogP contribution is 2.29. The smallest absolute Gasteiger partial charge is 0.0380 e. The molecule has 21 heavy (non-hydrogen) atoms. The molecule has 2 unspecified atom stereocenters. The van der Waals surface area contributed by atoms with Crippen molar-refractivity contribution in [3.05, 3.63) is 28.2 Å². The first-order valence-corrected chi connectivity index (χ1v) is 9.13. The molecule has 0 amide bonds. The van der Waals surface area contributed by atoms with E-state index < -0.39 is 0 Å². The van der Waals surface area contributed by atoms with Crippen molar-refractivity contribution in [2.75, 3.05) is 18.0 Å². The molecule has 2 nitrogen and oxygen atoms in total. The summed E-state index contributed by atoms with van der Waals surface area (Å²) in [4.78, 5) is 2.54. The average molecular weight is 355 g/mol. The van der Waals surface area contributed by atoms with Crippen LogP contribution in [-0.4, -0.2) is 19.1 Å². The van der Waals surface area contributed by atoms with Gasteiger partial charge in [0.25, 0.3) is 0 Å². The van der Waals surface area contributed by atoms with Crippen molar-refractivity contribution in [1.29, 1.82) is 0 Å². The SMILES string of the molecule is CCCCN(c1ccc(C(C)NCC)c(Br)c1)C(C)CC. The monoisotopic (exact) mass is 354 g/mol. The lowest BCUT2D eigenvalue weighted by Crippen LogP contribution is -2.33. The number of benzene rings is 1. The summed E-state index contributed by atoms with van der Waals surface area (Å²) in [5.74, 6) is 0. The summed E-state index contributed by atoms with van der Waals surface area (Å²) in [6.07, 6.45) is 3.66. The van der Waals surface area contributed by atoms with Gasteiger partial charge in [-0.1, -0.05) is 49.2 Å². The Morgan fingerprint density at radius 1 is 1.19 bits per heavy atom. The van der Waals surface area contributed by atoms with Crippen LogP contribution < -0.4 is 10.2 Å². The first kappa shape index (κ1) is 18.5. The van der Waals surface area contributed by atoms with Gasteiger partial charge in [-0.3, -0.25) is 0 Å². The standard InChI is InChI=1S/C18H31BrN2/c1-6-9-12-21(14(4)7-2)16-10-11-17(18(19)13-16)15(5)20-8-3/h10-11,13-15,20H,6-9,12H2,1-5H3. The summed E-state index contributed by atoms with van der Waals surface area (Å²) in [5, 5.41) is 3.48. The third kappa shape index (κ3) is 5.30. The van der Waals surface area contributed by atoms with Crippen LogP contribution in [0.3, 0.4) is 0 Å². The minimum absolute atomic E-state index is 0.381. The number of hydrogen-bond acceptors (Lipinski definition) is 2. The normalized spacial score (nSPS) is 14.0. The molecular formula is C18H31BrN2. The number of rotatable bonds is 9. The van der Waals surface area contributed by atoms with Gasteiger partial charge in [0.2, 0.25) is 0 Å². The number of nitrogens with zero attached hydrogens (tertiary/aromatic N) is 1. The predicted molar refractivity (Wildman–Crippen MR) is 98.2 cm³/mol. The Labute approximate surface area is 139 Å². The lowest BCUT2D eigenvalue weighted by molar-refractivity contribution is 0.590. The maximum Gasteiger partial charge on any atom is 0.0380 e. The van der Waals surface area contributed by atoms with Crippen LogP contribution in [-0.2, 0) is 0 Å². The maximum absolute atomic E-state index is 3.76. The molecule has 0 aliphatic heterocycles. The van der Waals surface area contributed by atoms with Crippen LogP contribution >= 0.6 is 15.9 Å². The Morgan fingerprint density at radius 3 is 2.43 bits per heavy atom. The molecule has 0 aliphatic carbocycles. The van der Waals surface area contributed by atoms with Crippen molar-refractivity contribution in [2.45, 2.75) is 66.0 Å². The van der Waals surface area contributed by atoms with Crippen molar-refractivity contribution in [3.8, 4) is 0 Å². The van der Waals surface area contributed by atoms with E-state index in [1.807, 2.05) is 0 Å². The molecule has 3 heteroatoms. The summed E-state index contributed by atoms with van der Waals surface area (Å²) in [6, 6.07) is 7.78. The Bertz CT molecular complexity index is 420. The zero-order chi connectivity index (χ0) is 15.8. The molecule has 2 atom stereocenters. The van der Waals surface area contributed by atoms with E-state index in [9.17, 15) is 0 Å². The second kappa shape index (κ2) is 9.47. The van der Waals surface area contributed by atoms with E-state index in [1.165, 1.54) is 35.0 Å². The van der Waals surface area contributed by atoms with E-state index >= 15 is 0 Å². The van der Waals surface area contributed by atoms with E-state index in [0.717, 1.165) is 13.1 Å². The minimum Gasteiger partial charge on any atom is -0.369 e. The van der Waals surface area contributed by atoms with Crippen molar-refractivity contribution in [2.24, 2.45) is 0 Å². The lowest BCUT2D eigenvalue weighted by Gasteiger charge is -2.31. The van der Waals surface area contributed by atoms with E-state index in [-0.39, 0.29) is 0 Å². The van der Waals surface area contributed by atoms with Crippen molar-refractivity contribution in [3.63, 3.8) is 0 Å². The fraction of sp³-hybridized carbons (Fsp3) is 0.667. The summed E-state index contributed by atoms with van der Waals surface area (Å²) in [7, 11) is 0. The molecule has 1 N–H and O–H groups in total. The highest BCUT2D eigenvalue weighted by atomic mass is 79.9. The minimum atomic E-state index is 0.381. The van der Waals surface area contributed by atoms with Crippen molar-refractivity contribution in [1.82, 2.24) is 5.32 Å². The lowest BCUT2D eigenvalue weighted by atomic mass is 10.1. The number of unbranched alkanes of at least 4 members (excludes halogenated alkanes) is 1. The average Bonchev–Trinajstić information content (AvgIpc) is 2.47. The van der Waals surface area contributed by atoms with Gasteiger partial charge in [-0.05, 0) is 50.9 Å². The zero-order valence-electron chi connectivity index (χ0n) is 14.2. The van der Waals surface area contributed by atoms with Crippen LogP contribution in [0.5, 0.6) is 0 Å². The van der Waals surface area contributed by atoms with E-state index in [0.29, 0.717) is 12.1 Å². The van der Waals surface area contributed by atoms with Crippen LogP contribution in [0.1, 0.15) is 65.5 Å². The third-order valence-electron chi connectivity index (χ3n) is 4.17. The Morgan fingerprint density at radius 2 is 1.90 bits per heavy atom. The number of hydrogen-bond donors (Lipinski definition) is 1. The number of halogens is 1. The van der Waals surface area contributed by atoms with E-state index in [2.05, 4.69) is 79.0 Å². The molecule has 0 saturated carbocycles.